The fraction of sp³-hybridized carbons (Fsp3) is 0.536. The molecule has 0 bridgehead atoms. The van der Waals surface area contributed by atoms with Crippen molar-refractivity contribution in [3.63, 3.8) is 0 Å². The van der Waals surface area contributed by atoms with Crippen LogP contribution >= 0.6 is 64.6 Å². The van der Waals surface area contributed by atoms with E-state index in [1.807, 2.05) is 0 Å². The molecular formula is C28H36Br4N2O6. The maximum absolute atomic E-state index is 14.2. The van der Waals surface area contributed by atoms with Gasteiger partial charge in [0.2, 0.25) is 5.43 Å². The highest BCUT2D eigenvalue weighted by Crippen LogP contribution is 2.42. The highest BCUT2D eigenvalue weighted by molar-refractivity contribution is 9.21. The van der Waals surface area contributed by atoms with Gasteiger partial charge in [-0.25, -0.2) is 0 Å². The molecule has 0 saturated heterocycles. The van der Waals surface area contributed by atoms with E-state index >= 15 is 0 Å². The van der Waals surface area contributed by atoms with Crippen molar-refractivity contribution in [2.75, 3.05) is 33.4 Å². The van der Waals surface area contributed by atoms with E-state index in [1.165, 1.54) is 0 Å². The highest BCUT2D eigenvalue weighted by Gasteiger charge is 2.25. The molecule has 222 valence electrons. The number of hydrogen-bond donors (Lipinski definition) is 1. The van der Waals surface area contributed by atoms with Gasteiger partial charge < -0.3 is 23.7 Å². The lowest BCUT2D eigenvalue weighted by Gasteiger charge is -2.19. The number of halogens is 4. The van der Waals surface area contributed by atoms with E-state index in [9.17, 15) is 9.90 Å². The molecule has 0 saturated carbocycles. The van der Waals surface area contributed by atoms with Gasteiger partial charge in [0.1, 0.15) is 41.3 Å². The van der Waals surface area contributed by atoms with Crippen molar-refractivity contribution >= 4 is 86.5 Å². The fourth-order valence-corrected chi connectivity index (χ4v) is 5.04. The molecule has 1 aromatic heterocycles. The summed E-state index contributed by atoms with van der Waals surface area (Å²) in [6, 6.07) is 3.41. The van der Waals surface area contributed by atoms with E-state index in [2.05, 4.69) is 92.3 Å². The smallest absolute Gasteiger partial charge is 0.204 e. The van der Waals surface area contributed by atoms with E-state index in [0.29, 0.717) is 90.3 Å². The van der Waals surface area contributed by atoms with Crippen molar-refractivity contribution in [1.29, 1.82) is 0 Å². The molecule has 3 aromatic rings. The molecule has 3 rings (SSSR count). The number of benzene rings is 2. The molecule has 1 heterocycles. The molecule has 0 aliphatic carbocycles. The Hall–Kier alpha value is -1.05. The van der Waals surface area contributed by atoms with Crippen molar-refractivity contribution in [1.82, 2.24) is 5.90 Å². The number of hydrogen-bond acceptors (Lipinski definition) is 8. The third kappa shape index (κ3) is 8.50. The molecule has 0 amide bonds. The summed E-state index contributed by atoms with van der Waals surface area (Å²) in [4.78, 5) is 14.2. The Kier molecular flexibility index (Phi) is 12.9. The molecule has 2 aromatic carbocycles. The van der Waals surface area contributed by atoms with Gasteiger partial charge in [-0.1, -0.05) is 27.7 Å². The maximum Gasteiger partial charge on any atom is 0.204 e. The molecule has 0 fully saturated rings. The average molecular weight is 816 g/mol. The van der Waals surface area contributed by atoms with Crippen LogP contribution in [0.3, 0.4) is 0 Å². The molecule has 0 aliphatic heterocycles. The van der Waals surface area contributed by atoms with Crippen molar-refractivity contribution in [2.45, 2.75) is 53.4 Å². The Morgan fingerprint density at radius 1 is 0.825 bits per heavy atom. The normalized spacial score (nSPS) is 12.0. The van der Waals surface area contributed by atoms with Gasteiger partial charge in [-0.05, 0) is 37.5 Å². The Labute approximate surface area is 269 Å². The van der Waals surface area contributed by atoms with Crippen molar-refractivity contribution in [3.05, 3.63) is 33.5 Å². The standard InChI is InChI=1S/C28H36Br4N2O6/c1-16(2)6-8-18-20(38-12-10-33(29)30)14-22-25(26(18)35)27(36)24-19(9-7-17(3)4)28(37-5)23(15-21(24)40-22)39-13-11-34(31)32/h14-17,35H,6-13H2,1-5H3. The largest absolute Gasteiger partial charge is 0.507 e. The third-order valence-corrected chi connectivity index (χ3v) is 7.91. The minimum atomic E-state index is -0.297. The summed E-state index contributed by atoms with van der Waals surface area (Å²) in [6.45, 7) is 10.3. The van der Waals surface area contributed by atoms with E-state index < -0.39 is 0 Å². The van der Waals surface area contributed by atoms with Crippen molar-refractivity contribution < 1.29 is 23.7 Å². The van der Waals surface area contributed by atoms with Gasteiger partial charge in [-0.2, -0.15) is 5.90 Å². The summed E-state index contributed by atoms with van der Waals surface area (Å²) in [5, 5.41) is 12.1. The molecule has 40 heavy (non-hydrogen) atoms. The molecule has 12 heteroatoms. The van der Waals surface area contributed by atoms with Gasteiger partial charge in [0.25, 0.3) is 0 Å². The van der Waals surface area contributed by atoms with Crippen LogP contribution in [0, 0.1) is 11.8 Å². The molecule has 0 spiro atoms. The highest BCUT2D eigenvalue weighted by atomic mass is 79.9. The number of phenols is 1. The lowest BCUT2D eigenvalue weighted by Crippen LogP contribution is -2.14. The number of aryl methyl sites for hydroxylation is 1. The first-order valence-corrected chi connectivity index (χ1v) is 16.1. The first-order valence-electron chi connectivity index (χ1n) is 13.2. The molecule has 8 nitrogen and oxygen atoms in total. The minimum Gasteiger partial charge on any atom is -0.507 e. The van der Waals surface area contributed by atoms with Crippen LogP contribution < -0.4 is 19.6 Å². The van der Waals surface area contributed by atoms with Crippen LogP contribution in [0.4, 0.5) is 0 Å². The van der Waals surface area contributed by atoms with Crippen LogP contribution in [-0.2, 0) is 12.8 Å². The van der Waals surface area contributed by atoms with Gasteiger partial charge in [-0.15, -0.1) is 0 Å². The number of methoxy groups -OCH3 is 1. The summed E-state index contributed by atoms with van der Waals surface area (Å²) in [5.41, 5.74) is 1.65. The predicted molar refractivity (Wildman–Crippen MR) is 175 cm³/mol. The average Bonchev–Trinajstić information content (AvgIpc) is 2.85. The summed E-state index contributed by atoms with van der Waals surface area (Å²) in [7, 11) is 1.57. The predicted octanol–water partition coefficient (Wildman–Crippen LogP) is 8.44. The first kappa shape index (κ1) is 33.5. The maximum atomic E-state index is 14.2. The number of aromatic hydroxyl groups is 1. The summed E-state index contributed by atoms with van der Waals surface area (Å²) >= 11 is 13.2. The van der Waals surface area contributed by atoms with E-state index in [0.717, 1.165) is 12.8 Å². The SMILES string of the molecule is COc1c(OCCN(Br)Br)cc2oc3cc(OCCN(Br)Br)c(CCC(C)C)c(O)c3c(=O)c2c1CCC(C)C. The summed E-state index contributed by atoms with van der Waals surface area (Å²) < 4.78 is 27.6. The zero-order valence-electron chi connectivity index (χ0n) is 23.4. The van der Waals surface area contributed by atoms with Crippen LogP contribution in [0.25, 0.3) is 21.9 Å². The second kappa shape index (κ2) is 15.4. The number of ether oxygens (including phenoxy) is 3. The Balaban J connectivity index is 2.30. The van der Waals surface area contributed by atoms with Crippen LogP contribution in [0.15, 0.2) is 21.3 Å². The van der Waals surface area contributed by atoms with Gasteiger partial charge in [-0.3, -0.25) is 4.79 Å². The first-order chi connectivity index (χ1) is 18.9. The van der Waals surface area contributed by atoms with Crippen LogP contribution in [-0.4, -0.2) is 44.4 Å². The molecule has 1 N–H and O–H groups in total. The monoisotopic (exact) mass is 812 g/mol. The molecule has 0 unspecified atom stereocenters. The van der Waals surface area contributed by atoms with E-state index in [1.54, 1.807) is 25.1 Å². The number of rotatable bonds is 15. The molecule has 0 radical (unpaired) electrons. The lowest BCUT2D eigenvalue weighted by atomic mass is 9.95. The van der Waals surface area contributed by atoms with E-state index in [4.69, 9.17) is 18.6 Å². The van der Waals surface area contributed by atoms with E-state index in [-0.39, 0.29) is 22.1 Å². The lowest BCUT2D eigenvalue weighted by molar-refractivity contribution is 0.290. The van der Waals surface area contributed by atoms with Crippen molar-refractivity contribution in [3.8, 4) is 23.0 Å². The molecular weight excluding hydrogens is 780 g/mol. The Bertz CT molecular complexity index is 1360. The van der Waals surface area contributed by atoms with Gasteiger partial charge >= 0.3 is 0 Å². The number of fused-ring (bicyclic) bond motifs is 2. The summed E-state index contributed by atoms with van der Waals surface area (Å²) in [5.74, 6) is 2.20. The second-order valence-electron chi connectivity index (χ2n) is 10.4. The topological polar surface area (TPSA) is 84.6 Å². The zero-order chi connectivity index (χ0) is 29.6. The minimum absolute atomic E-state index is 0.0952. The zero-order valence-corrected chi connectivity index (χ0v) is 29.7. The van der Waals surface area contributed by atoms with Gasteiger partial charge in [0.15, 0.2) is 11.5 Å². The fourth-order valence-electron chi connectivity index (χ4n) is 4.46. The number of nitrogens with zero attached hydrogens (tertiary/aromatic N) is 2. The third-order valence-electron chi connectivity index (χ3n) is 6.49. The van der Waals surface area contributed by atoms with Crippen LogP contribution in [0.1, 0.15) is 51.7 Å². The second-order valence-corrected chi connectivity index (χ2v) is 15.7. The Morgan fingerprint density at radius 3 is 1.85 bits per heavy atom. The summed E-state index contributed by atoms with van der Waals surface area (Å²) in [6.07, 6.45) is 2.81. The van der Waals surface area contributed by atoms with Crippen molar-refractivity contribution in [2.24, 2.45) is 11.8 Å². The van der Waals surface area contributed by atoms with Gasteiger partial charge in [0, 0.05) is 87.8 Å². The van der Waals surface area contributed by atoms with Gasteiger partial charge in [0.05, 0.1) is 25.6 Å². The van der Waals surface area contributed by atoms with Crippen LogP contribution in [0.5, 0.6) is 23.0 Å². The Morgan fingerprint density at radius 2 is 1.32 bits per heavy atom. The number of phenolic OH excluding ortho intramolecular Hbond substituents is 1. The molecule has 0 aliphatic rings. The molecule has 0 atom stereocenters. The quantitative estimate of drug-likeness (QED) is 0.121. The van der Waals surface area contributed by atoms with Crippen LogP contribution in [0.2, 0.25) is 0 Å².